The highest BCUT2D eigenvalue weighted by molar-refractivity contribution is 7.89. The van der Waals surface area contributed by atoms with Gasteiger partial charge < -0.3 is 15.5 Å². The third-order valence-corrected chi connectivity index (χ3v) is 6.71. The van der Waals surface area contributed by atoms with E-state index in [0.29, 0.717) is 10.7 Å². The predicted octanol–water partition coefficient (Wildman–Crippen LogP) is 3.34. The summed E-state index contributed by atoms with van der Waals surface area (Å²) in [4.78, 5) is 24.2. The number of nitro groups is 1. The monoisotopic (exact) mass is 481 g/mol. The van der Waals surface area contributed by atoms with Crippen LogP contribution in [0.4, 0.5) is 21.9 Å². The van der Waals surface area contributed by atoms with Gasteiger partial charge >= 0.3 is 6.03 Å². The number of nitrogens with one attached hydrogen (secondary N) is 3. The van der Waals surface area contributed by atoms with Crippen molar-refractivity contribution in [2.24, 2.45) is 0 Å². The van der Waals surface area contributed by atoms with Crippen LogP contribution in [0, 0.1) is 10.1 Å². The SMILES string of the molecule is O=C(NCCNS(=O)(=O)c1cccc([N+](=O)[O-])c1)Nc1ccc(N2CCCCC2)c(Cl)c1. The van der Waals surface area contributed by atoms with E-state index in [1.54, 1.807) is 12.1 Å². The lowest BCUT2D eigenvalue weighted by atomic mass is 10.1. The van der Waals surface area contributed by atoms with Gasteiger partial charge in [-0.1, -0.05) is 17.7 Å². The molecule has 0 atom stereocenters. The smallest absolute Gasteiger partial charge is 0.319 e. The molecule has 1 aliphatic rings. The molecule has 10 nitrogen and oxygen atoms in total. The molecule has 0 bridgehead atoms. The highest BCUT2D eigenvalue weighted by Crippen LogP contribution is 2.30. The molecule has 1 fully saturated rings. The topological polar surface area (TPSA) is 134 Å². The van der Waals surface area contributed by atoms with Crippen molar-refractivity contribution in [2.75, 3.05) is 36.4 Å². The lowest BCUT2D eigenvalue weighted by molar-refractivity contribution is -0.385. The summed E-state index contributed by atoms with van der Waals surface area (Å²) in [6.45, 7) is 1.84. The van der Waals surface area contributed by atoms with E-state index in [0.717, 1.165) is 37.7 Å². The van der Waals surface area contributed by atoms with Crippen molar-refractivity contribution in [3.8, 4) is 0 Å². The zero-order valence-corrected chi connectivity index (χ0v) is 18.8. The van der Waals surface area contributed by atoms with Crippen LogP contribution in [0.1, 0.15) is 19.3 Å². The van der Waals surface area contributed by atoms with E-state index < -0.39 is 21.0 Å². The number of nitrogens with zero attached hydrogens (tertiary/aromatic N) is 2. The maximum absolute atomic E-state index is 12.3. The van der Waals surface area contributed by atoms with Crippen LogP contribution < -0.4 is 20.3 Å². The van der Waals surface area contributed by atoms with Gasteiger partial charge in [0.05, 0.1) is 20.5 Å². The number of halogens is 1. The third-order valence-electron chi connectivity index (χ3n) is 4.94. The normalized spacial score (nSPS) is 14.1. The van der Waals surface area contributed by atoms with Gasteiger partial charge in [-0.15, -0.1) is 0 Å². The van der Waals surface area contributed by atoms with Crippen molar-refractivity contribution in [1.29, 1.82) is 0 Å². The van der Waals surface area contributed by atoms with Crippen LogP contribution in [-0.2, 0) is 10.0 Å². The van der Waals surface area contributed by atoms with Crippen molar-refractivity contribution >= 4 is 44.7 Å². The van der Waals surface area contributed by atoms with Gasteiger partial charge in [-0.05, 0) is 43.5 Å². The summed E-state index contributed by atoms with van der Waals surface area (Å²) in [7, 11) is -3.94. The summed E-state index contributed by atoms with van der Waals surface area (Å²) in [5.41, 5.74) is 1.13. The summed E-state index contributed by atoms with van der Waals surface area (Å²) in [6.07, 6.45) is 3.47. The molecule has 1 aliphatic heterocycles. The largest absolute Gasteiger partial charge is 0.370 e. The second-order valence-corrected chi connectivity index (χ2v) is 9.42. The first-order valence-electron chi connectivity index (χ1n) is 10.1. The van der Waals surface area contributed by atoms with Gasteiger partial charge in [0, 0.05) is 44.0 Å². The molecule has 0 saturated carbocycles. The number of rotatable bonds is 8. The summed E-state index contributed by atoms with van der Waals surface area (Å²) in [5.74, 6) is 0. The van der Waals surface area contributed by atoms with Crippen molar-refractivity contribution in [3.63, 3.8) is 0 Å². The van der Waals surface area contributed by atoms with Gasteiger partial charge in [0.25, 0.3) is 5.69 Å². The molecule has 0 aliphatic carbocycles. The van der Waals surface area contributed by atoms with Gasteiger partial charge in [-0.2, -0.15) is 0 Å². The number of amides is 2. The highest BCUT2D eigenvalue weighted by atomic mass is 35.5. The number of carbonyl (C=O) groups excluding carboxylic acids is 1. The molecule has 1 heterocycles. The van der Waals surface area contributed by atoms with Crippen LogP contribution in [0.15, 0.2) is 47.4 Å². The van der Waals surface area contributed by atoms with E-state index in [1.807, 2.05) is 6.07 Å². The first kappa shape index (κ1) is 23.8. The molecule has 2 aromatic rings. The van der Waals surface area contributed by atoms with Crippen molar-refractivity contribution in [3.05, 3.63) is 57.6 Å². The standard InChI is InChI=1S/C20H24ClN5O5S/c21-18-13-15(7-8-19(18)25-11-2-1-3-12-25)24-20(27)22-9-10-23-32(30,31)17-6-4-5-16(14-17)26(28)29/h4-8,13-14,23H,1-3,9-12H2,(H2,22,24,27). The second kappa shape index (κ2) is 10.6. The Kier molecular flexibility index (Phi) is 7.89. The van der Waals surface area contributed by atoms with Crippen LogP contribution in [0.3, 0.4) is 0 Å². The average Bonchev–Trinajstić information content (AvgIpc) is 2.77. The van der Waals surface area contributed by atoms with Gasteiger partial charge in [-0.25, -0.2) is 17.9 Å². The van der Waals surface area contributed by atoms with E-state index in [2.05, 4.69) is 20.3 Å². The molecule has 1 saturated heterocycles. The zero-order chi connectivity index (χ0) is 23.1. The predicted molar refractivity (Wildman–Crippen MR) is 123 cm³/mol. The Morgan fingerprint density at radius 3 is 2.53 bits per heavy atom. The molecule has 2 aromatic carbocycles. The van der Waals surface area contributed by atoms with Crippen molar-refractivity contribution in [1.82, 2.24) is 10.0 Å². The lowest BCUT2D eigenvalue weighted by Crippen LogP contribution is -2.36. The fourth-order valence-corrected chi connectivity index (χ4v) is 4.73. The van der Waals surface area contributed by atoms with E-state index >= 15 is 0 Å². The molecule has 32 heavy (non-hydrogen) atoms. The number of sulfonamides is 1. The Hall–Kier alpha value is -2.89. The Bertz CT molecular complexity index is 1090. The third kappa shape index (κ3) is 6.31. The van der Waals surface area contributed by atoms with Crippen LogP contribution >= 0.6 is 11.6 Å². The molecule has 0 unspecified atom stereocenters. The molecule has 0 aromatic heterocycles. The Morgan fingerprint density at radius 1 is 1.09 bits per heavy atom. The fraction of sp³-hybridized carbons (Fsp3) is 0.350. The van der Waals surface area contributed by atoms with Gasteiger partial charge in [0.15, 0.2) is 0 Å². The first-order chi connectivity index (χ1) is 15.3. The second-order valence-electron chi connectivity index (χ2n) is 7.25. The zero-order valence-electron chi connectivity index (χ0n) is 17.2. The van der Waals surface area contributed by atoms with E-state index in [9.17, 15) is 23.3 Å². The summed E-state index contributed by atoms with van der Waals surface area (Å²) in [5, 5.41) is 16.6. The number of benzene rings is 2. The molecular weight excluding hydrogens is 458 g/mol. The van der Waals surface area contributed by atoms with Gasteiger partial charge in [0.1, 0.15) is 0 Å². The average molecular weight is 482 g/mol. The number of carbonyl (C=O) groups is 1. The van der Waals surface area contributed by atoms with Crippen LogP contribution in [0.25, 0.3) is 0 Å². The lowest BCUT2D eigenvalue weighted by Gasteiger charge is -2.29. The van der Waals surface area contributed by atoms with Crippen molar-refractivity contribution in [2.45, 2.75) is 24.2 Å². The number of urea groups is 1. The quantitative estimate of drug-likeness (QED) is 0.301. The van der Waals surface area contributed by atoms with Crippen LogP contribution in [0.5, 0.6) is 0 Å². The van der Waals surface area contributed by atoms with Gasteiger partial charge in [-0.3, -0.25) is 10.1 Å². The van der Waals surface area contributed by atoms with E-state index in [4.69, 9.17) is 11.6 Å². The summed E-state index contributed by atoms with van der Waals surface area (Å²) < 4.78 is 26.8. The number of hydrogen-bond acceptors (Lipinski definition) is 6. The molecule has 2 amide bonds. The number of nitro benzene ring substituents is 1. The van der Waals surface area contributed by atoms with Crippen LogP contribution in [0.2, 0.25) is 5.02 Å². The maximum atomic E-state index is 12.3. The molecule has 3 rings (SSSR count). The Morgan fingerprint density at radius 2 is 1.84 bits per heavy atom. The van der Waals surface area contributed by atoms with Gasteiger partial charge in [0.2, 0.25) is 10.0 Å². The number of hydrogen-bond donors (Lipinski definition) is 3. The minimum atomic E-state index is -3.94. The molecule has 0 radical (unpaired) electrons. The molecule has 0 spiro atoms. The Balaban J connectivity index is 1.47. The number of piperidine rings is 1. The minimum absolute atomic E-state index is 0.0135. The highest BCUT2D eigenvalue weighted by Gasteiger charge is 2.17. The molecule has 3 N–H and O–H groups in total. The van der Waals surface area contributed by atoms with Crippen molar-refractivity contribution < 1.29 is 18.1 Å². The number of non-ortho nitro benzene ring substituents is 1. The van der Waals surface area contributed by atoms with Crippen LogP contribution in [-0.4, -0.2) is 45.6 Å². The van der Waals surface area contributed by atoms with E-state index in [-0.39, 0.29) is 23.7 Å². The summed E-state index contributed by atoms with van der Waals surface area (Å²) in [6, 6.07) is 9.52. The first-order valence-corrected chi connectivity index (χ1v) is 12.0. The summed E-state index contributed by atoms with van der Waals surface area (Å²) >= 11 is 6.38. The molecule has 12 heteroatoms. The minimum Gasteiger partial charge on any atom is -0.370 e. The van der Waals surface area contributed by atoms with E-state index in [1.165, 1.54) is 24.6 Å². The number of anilines is 2. The fourth-order valence-electron chi connectivity index (χ4n) is 3.36. The Labute approximate surface area is 191 Å². The maximum Gasteiger partial charge on any atom is 0.319 e. The molecule has 172 valence electrons. The molecular formula is C20H24ClN5O5S.